The molecule has 0 unspecified atom stereocenters. The first kappa shape index (κ1) is 13.8. The summed E-state index contributed by atoms with van der Waals surface area (Å²) in [5.74, 6) is -0.466. The van der Waals surface area contributed by atoms with Gasteiger partial charge in [-0.15, -0.1) is 11.6 Å². The standard InChI is InChI=1S/C14H16ClF2N3/c1-19(10-2-3-10)4-5-20-12-7-9(16)6-11(17)14(12)18-13(20)8-15/h6-7,10H,2-5,8H2,1H3. The molecule has 1 aliphatic rings. The fourth-order valence-electron chi connectivity index (χ4n) is 2.50. The van der Waals surface area contributed by atoms with Crippen molar-refractivity contribution in [3.05, 3.63) is 29.6 Å². The molecule has 1 aliphatic carbocycles. The molecule has 3 rings (SSSR count). The third-order valence-electron chi connectivity index (χ3n) is 3.82. The van der Waals surface area contributed by atoms with E-state index in [2.05, 4.69) is 16.9 Å². The van der Waals surface area contributed by atoms with Crippen LogP contribution in [0.4, 0.5) is 8.78 Å². The van der Waals surface area contributed by atoms with Gasteiger partial charge in [0.25, 0.3) is 0 Å². The number of benzene rings is 1. The first-order valence-corrected chi connectivity index (χ1v) is 7.24. The lowest BCUT2D eigenvalue weighted by Crippen LogP contribution is -2.25. The number of hydrogen-bond acceptors (Lipinski definition) is 2. The number of imidazole rings is 1. The number of rotatable bonds is 5. The highest BCUT2D eigenvalue weighted by Crippen LogP contribution is 2.26. The summed E-state index contributed by atoms with van der Waals surface area (Å²) in [4.78, 5) is 6.44. The van der Waals surface area contributed by atoms with Gasteiger partial charge in [0, 0.05) is 25.2 Å². The Morgan fingerprint density at radius 3 is 2.80 bits per heavy atom. The molecule has 0 aliphatic heterocycles. The zero-order valence-electron chi connectivity index (χ0n) is 11.2. The highest BCUT2D eigenvalue weighted by Gasteiger charge is 2.26. The summed E-state index contributed by atoms with van der Waals surface area (Å²) in [6.45, 7) is 1.45. The van der Waals surface area contributed by atoms with Gasteiger partial charge in [-0.2, -0.15) is 0 Å². The van der Waals surface area contributed by atoms with Crippen LogP contribution in [0.15, 0.2) is 12.1 Å². The second kappa shape index (κ2) is 5.30. The number of fused-ring (bicyclic) bond motifs is 1. The predicted octanol–water partition coefficient (Wildman–Crippen LogP) is 3.15. The Morgan fingerprint density at radius 1 is 1.40 bits per heavy atom. The molecule has 2 aromatic rings. The van der Waals surface area contributed by atoms with Crippen molar-refractivity contribution in [3.63, 3.8) is 0 Å². The van der Waals surface area contributed by atoms with E-state index in [1.165, 1.54) is 18.9 Å². The smallest absolute Gasteiger partial charge is 0.153 e. The fourth-order valence-corrected chi connectivity index (χ4v) is 2.71. The summed E-state index contributed by atoms with van der Waals surface area (Å²) >= 11 is 5.87. The molecule has 20 heavy (non-hydrogen) atoms. The Labute approximate surface area is 121 Å². The molecule has 0 N–H and O–H groups in total. The minimum Gasteiger partial charge on any atom is -0.326 e. The third kappa shape index (κ3) is 2.52. The molecular formula is C14H16ClF2N3. The molecule has 108 valence electrons. The van der Waals surface area contributed by atoms with Gasteiger partial charge in [-0.25, -0.2) is 13.8 Å². The van der Waals surface area contributed by atoms with E-state index in [1.54, 1.807) is 0 Å². The van der Waals surface area contributed by atoms with Crippen LogP contribution in [-0.4, -0.2) is 34.1 Å². The molecule has 1 heterocycles. The summed E-state index contributed by atoms with van der Waals surface area (Å²) in [5, 5.41) is 0. The van der Waals surface area contributed by atoms with E-state index in [9.17, 15) is 8.78 Å². The minimum absolute atomic E-state index is 0.183. The third-order valence-corrected chi connectivity index (χ3v) is 4.06. The number of likely N-dealkylation sites (N-methyl/N-ethyl adjacent to an activating group) is 1. The van der Waals surface area contributed by atoms with Crippen molar-refractivity contribution in [1.29, 1.82) is 0 Å². The molecule has 1 aromatic heterocycles. The van der Waals surface area contributed by atoms with Crippen LogP contribution in [0.2, 0.25) is 0 Å². The lowest BCUT2D eigenvalue weighted by atomic mass is 10.3. The van der Waals surface area contributed by atoms with Gasteiger partial charge in [0.15, 0.2) is 5.82 Å². The Balaban J connectivity index is 1.94. The fraction of sp³-hybridized carbons (Fsp3) is 0.500. The lowest BCUT2D eigenvalue weighted by molar-refractivity contribution is 0.309. The summed E-state index contributed by atoms with van der Waals surface area (Å²) in [6, 6.07) is 2.82. The zero-order chi connectivity index (χ0) is 14.3. The number of alkyl halides is 1. The lowest BCUT2D eigenvalue weighted by Gasteiger charge is -2.17. The highest BCUT2D eigenvalue weighted by atomic mass is 35.5. The number of aromatic nitrogens is 2. The summed E-state index contributed by atoms with van der Waals surface area (Å²) < 4.78 is 29.0. The molecule has 6 heteroatoms. The number of hydrogen-bond donors (Lipinski definition) is 0. The molecule has 0 spiro atoms. The molecule has 3 nitrogen and oxygen atoms in total. The van der Waals surface area contributed by atoms with Crippen LogP contribution in [0.25, 0.3) is 11.0 Å². The largest absolute Gasteiger partial charge is 0.326 e. The van der Waals surface area contributed by atoms with Crippen LogP contribution in [0, 0.1) is 11.6 Å². The van der Waals surface area contributed by atoms with Gasteiger partial charge in [-0.1, -0.05) is 0 Å². The SMILES string of the molecule is CN(CCn1c(CCl)nc2c(F)cc(F)cc21)C1CC1. The van der Waals surface area contributed by atoms with Gasteiger partial charge in [0.2, 0.25) is 0 Å². The molecule has 1 saturated carbocycles. The van der Waals surface area contributed by atoms with Crippen molar-refractivity contribution >= 4 is 22.6 Å². The monoisotopic (exact) mass is 299 g/mol. The van der Waals surface area contributed by atoms with Crippen molar-refractivity contribution < 1.29 is 8.78 Å². The van der Waals surface area contributed by atoms with E-state index < -0.39 is 11.6 Å². The van der Waals surface area contributed by atoms with Crippen LogP contribution < -0.4 is 0 Å². The number of nitrogens with zero attached hydrogens (tertiary/aromatic N) is 3. The normalized spacial score (nSPS) is 15.4. The molecule has 0 atom stereocenters. The number of halogens is 3. The molecular weight excluding hydrogens is 284 g/mol. The van der Waals surface area contributed by atoms with E-state index >= 15 is 0 Å². The average Bonchev–Trinajstić information content (AvgIpc) is 3.19. The zero-order valence-corrected chi connectivity index (χ0v) is 12.0. The van der Waals surface area contributed by atoms with Gasteiger partial charge in [0.05, 0.1) is 11.4 Å². The summed E-state index contributed by atoms with van der Waals surface area (Å²) in [6.07, 6.45) is 2.46. The van der Waals surface area contributed by atoms with E-state index in [0.29, 0.717) is 23.9 Å². The summed E-state index contributed by atoms with van der Waals surface area (Å²) in [7, 11) is 2.07. The Kier molecular flexibility index (Phi) is 3.65. The second-order valence-electron chi connectivity index (χ2n) is 5.28. The molecule has 0 bridgehead atoms. The predicted molar refractivity (Wildman–Crippen MR) is 74.9 cm³/mol. The Morgan fingerprint density at radius 2 is 2.15 bits per heavy atom. The van der Waals surface area contributed by atoms with Gasteiger partial charge >= 0.3 is 0 Å². The molecule has 0 amide bonds. The molecule has 1 fully saturated rings. The second-order valence-corrected chi connectivity index (χ2v) is 5.55. The van der Waals surface area contributed by atoms with Crippen LogP contribution in [-0.2, 0) is 12.4 Å². The first-order valence-electron chi connectivity index (χ1n) is 6.70. The quantitative estimate of drug-likeness (QED) is 0.791. The minimum atomic E-state index is -0.638. The maximum absolute atomic E-state index is 13.7. The van der Waals surface area contributed by atoms with Crippen molar-refractivity contribution in [2.75, 3.05) is 13.6 Å². The maximum atomic E-state index is 13.7. The van der Waals surface area contributed by atoms with Gasteiger partial charge in [0.1, 0.15) is 17.2 Å². The Bertz CT molecular complexity index is 637. The van der Waals surface area contributed by atoms with Crippen LogP contribution in [0.1, 0.15) is 18.7 Å². The highest BCUT2D eigenvalue weighted by molar-refractivity contribution is 6.16. The van der Waals surface area contributed by atoms with Crippen molar-refractivity contribution in [2.45, 2.75) is 31.3 Å². The van der Waals surface area contributed by atoms with Crippen molar-refractivity contribution in [2.24, 2.45) is 0 Å². The van der Waals surface area contributed by atoms with Crippen LogP contribution in [0.5, 0.6) is 0 Å². The summed E-state index contributed by atoms with van der Waals surface area (Å²) in [5.41, 5.74) is 0.665. The van der Waals surface area contributed by atoms with E-state index in [4.69, 9.17) is 11.6 Å². The van der Waals surface area contributed by atoms with E-state index in [-0.39, 0.29) is 11.4 Å². The van der Waals surface area contributed by atoms with Gasteiger partial charge in [-0.05, 0) is 26.0 Å². The first-order chi connectivity index (χ1) is 9.60. The topological polar surface area (TPSA) is 21.1 Å². The van der Waals surface area contributed by atoms with Crippen molar-refractivity contribution in [1.82, 2.24) is 14.5 Å². The van der Waals surface area contributed by atoms with Gasteiger partial charge < -0.3 is 9.47 Å². The van der Waals surface area contributed by atoms with Gasteiger partial charge in [-0.3, -0.25) is 0 Å². The molecule has 1 aromatic carbocycles. The van der Waals surface area contributed by atoms with Crippen LogP contribution >= 0.6 is 11.6 Å². The molecule has 0 saturated heterocycles. The maximum Gasteiger partial charge on any atom is 0.153 e. The van der Waals surface area contributed by atoms with E-state index in [1.807, 2.05) is 4.57 Å². The Hall–Kier alpha value is -1.20. The average molecular weight is 300 g/mol. The van der Waals surface area contributed by atoms with Crippen LogP contribution in [0.3, 0.4) is 0 Å². The van der Waals surface area contributed by atoms with Crippen molar-refractivity contribution in [3.8, 4) is 0 Å². The van der Waals surface area contributed by atoms with E-state index in [0.717, 1.165) is 12.6 Å². The molecule has 0 radical (unpaired) electrons.